The molecular formula is C28H23N3O5. The number of amides is 1. The van der Waals surface area contributed by atoms with E-state index < -0.39 is 17.7 Å². The number of carbonyl (C=O) groups is 2. The minimum Gasteiger partial charge on any atom is -0.507 e. The Kier molecular flexibility index (Phi) is 7.18. The highest BCUT2D eigenvalue weighted by atomic mass is 16.3. The molecule has 1 atom stereocenters. The number of nitrogens with one attached hydrogen (secondary N) is 1. The molecule has 1 saturated heterocycles. The summed E-state index contributed by atoms with van der Waals surface area (Å²) in [6, 6.07) is 18.4. The fourth-order valence-electron chi connectivity index (χ4n) is 4.44. The Hall–Kier alpha value is -4.81. The van der Waals surface area contributed by atoms with Gasteiger partial charge in [0.25, 0.3) is 11.7 Å². The summed E-state index contributed by atoms with van der Waals surface area (Å²) in [5.74, 6) is -1.49. The number of aliphatic hydroxyl groups is 1. The van der Waals surface area contributed by atoms with Crippen LogP contribution >= 0.6 is 0 Å². The molecule has 1 amide bonds. The zero-order valence-electron chi connectivity index (χ0n) is 19.5. The molecule has 180 valence electrons. The highest BCUT2D eigenvalue weighted by Crippen LogP contribution is 2.39. The molecule has 2 N–H and O–H groups in total. The fourth-order valence-corrected chi connectivity index (χ4v) is 4.44. The number of likely N-dealkylation sites (tertiary alicyclic amines) is 1. The van der Waals surface area contributed by atoms with E-state index in [1.54, 1.807) is 23.2 Å². The third-order valence-corrected chi connectivity index (χ3v) is 6.16. The second kappa shape index (κ2) is 10.6. The summed E-state index contributed by atoms with van der Waals surface area (Å²) in [7, 11) is 0. The average molecular weight is 482 g/mol. The lowest BCUT2D eigenvalue weighted by Gasteiger charge is -2.25. The standard InChI is InChI=1S/C27H23N3O3.CO2/c1-17-8-10-18(11-9-17)24-23(25(31)20-5-4-13-28-15-20)26(32)27(33)30(24)14-12-19-16-29-22-7-3-2-6-21(19)22;2-1-3/h2-11,13,15-16,24,29,31H,12,14H2,1H3;. The van der Waals surface area contributed by atoms with Crippen LogP contribution in [0.4, 0.5) is 0 Å². The first kappa shape index (κ1) is 24.3. The number of ketones is 1. The molecule has 5 rings (SSSR count). The van der Waals surface area contributed by atoms with Crippen molar-refractivity contribution >= 4 is 34.5 Å². The maximum absolute atomic E-state index is 13.1. The number of hydrogen-bond acceptors (Lipinski definition) is 6. The Morgan fingerprint density at radius 2 is 1.78 bits per heavy atom. The number of para-hydroxylation sites is 1. The monoisotopic (exact) mass is 481 g/mol. The lowest BCUT2D eigenvalue weighted by Crippen LogP contribution is -2.31. The summed E-state index contributed by atoms with van der Waals surface area (Å²) in [5.41, 5.74) is 4.45. The van der Waals surface area contributed by atoms with E-state index in [9.17, 15) is 14.7 Å². The van der Waals surface area contributed by atoms with Crippen LogP contribution in [0.5, 0.6) is 0 Å². The van der Waals surface area contributed by atoms with E-state index in [1.807, 2.05) is 61.7 Å². The minimum absolute atomic E-state index is 0.0933. The fraction of sp³-hybridized carbons (Fsp3) is 0.143. The van der Waals surface area contributed by atoms with Gasteiger partial charge in [0.05, 0.1) is 11.6 Å². The van der Waals surface area contributed by atoms with Gasteiger partial charge >= 0.3 is 6.15 Å². The molecule has 8 heteroatoms. The number of aryl methyl sites for hydroxylation is 1. The topological polar surface area (TPSA) is 120 Å². The molecule has 1 unspecified atom stereocenters. The van der Waals surface area contributed by atoms with Crippen molar-refractivity contribution in [2.75, 3.05) is 6.54 Å². The molecule has 3 heterocycles. The molecule has 36 heavy (non-hydrogen) atoms. The predicted octanol–water partition coefficient (Wildman–Crippen LogP) is 3.95. The van der Waals surface area contributed by atoms with Gasteiger partial charge in [-0.1, -0.05) is 48.0 Å². The summed E-state index contributed by atoms with van der Waals surface area (Å²) >= 11 is 0. The van der Waals surface area contributed by atoms with Crippen LogP contribution in [-0.4, -0.2) is 44.4 Å². The SMILES string of the molecule is Cc1ccc(C2C(=C(O)c3cccnc3)C(=O)C(=O)N2CCc2c[nH]c3ccccc23)cc1.O=C=O. The van der Waals surface area contributed by atoms with E-state index in [2.05, 4.69) is 9.97 Å². The van der Waals surface area contributed by atoms with Crippen LogP contribution < -0.4 is 0 Å². The van der Waals surface area contributed by atoms with Gasteiger partial charge in [0.15, 0.2) is 0 Å². The van der Waals surface area contributed by atoms with Crippen LogP contribution in [0, 0.1) is 6.92 Å². The average Bonchev–Trinajstić information content (AvgIpc) is 3.42. The molecule has 0 aliphatic carbocycles. The number of aromatic nitrogens is 2. The van der Waals surface area contributed by atoms with E-state index in [4.69, 9.17) is 9.59 Å². The summed E-state index contributed by atoms with van der Waals surface area (Å²) in [6.45, 7) is 2.32. The second-order valence-electron chi connectivity index (χ2n) is 8.34. The number of aromatic amines is 1. The lowest BCUT2D eigenvalue weighted by molar-refractivity contribution is -0.191. The molecule has 0 spiro atoms. The van der Waals surface area contributed by atoms with Gasteiger partial charge < -0.3 is 15.0 Å². The van der Waals surface area contributed by atoms with Gasteiger partial charge in [-0.15, -0.1) is 0 Å². The molecule has 0 saturated carbocycles. The van der Waals surface area contributed by atoms with Crippen molar-refractivity contribution in [2.24, 2.45) is 0 Å². The van der Waals surface area contributed by atoms with Crippen molar-refractivity contribution in [3.63, 3.8) is 0 Å². The van der Waals surface area contributed by atoms with Crippen LogP contribution in [-0.2, 0) is 25.6 Å². The van der Waals surface area contributed by atoms with Gasteiger partial charge in [0, 0.05) is 41.6 Å². The van der Waals surface area contributed by atoms with E-state index in [1.165, 1.54) is 6.20 Å². The highest BCUT2D eigenvalue weighted by Gasteiger charge is 2.45. The molecule has 2 aromatic carbocycles. The van der Waals surface area contributed by atoms with Crippen LogP contribution in [0.25, 0.3) is 16.7 Å². The second-order valence-corrected chi connectivity index (χ2v) is 8.34. The first-order valence-electron chi connectivity index (χ1n) is 11.3. The zero-order valence-corrected chi connectivity index (χ0v) is 19.5. The quantitative estimate of drug-likeness (QED) is 0.253. The van der Waals surface area contributed by atoms with Crippen molar-refractivity contribution < 1.29 is 24.3 Å². The molecule has 0 bridgehead atoms. The van der Waals surface area contributed by atoms with Crippen LogP contribution in [0.15, 0.2) is 84.8 Å². The first-order chi connectivity index (χ1) is 17.5. The third kappa shape index (κ3) is 4.71. The van der Waals surface area contributed by atoms with Crippen molar-refractivity contribution in [1.29, 1.82) is 0 Å². The van der Waals surface area contributed by atoms with E-state index in [-0.39, 0.29) is 17.5 Å². The molecular weight excluding hydrogens is 458 g/mol. The number of nitrogens with zero attached hydrogens (tertiary/aromatic N) is 2. The van der Waals surface area contributed by atoms with E-state index in [0.29, 0.717) is 18.5 Å². The van der Waals surface area contributed by atoms with Gasteiger partial charge in [-0.05, 0) is 42.7 Å². The number of hydrogen-bond donors (Lipinski definition) is 2. The van der Waals surface area contributed by atoms with Crippen LogP contribution in [0.3, 0.4) is 0 Å². The minimum atomic E-state index is -0.680. The Morgan fingerprint density at radius 3 is 2.47 bits per heavy atom. The number of carbonyl (C=O) groups excluding carboxylic acids is 4. The van der Waals surface area contributed by atoms with Gasteiger partial charge in [0.1, 0.15) is 5.76 Å². The number of Topliss-reactive ketones (excluding diaryl/α,β-unsaturated/α-hetero) is 1. The molecule has 1 aliphatic heterocycles. The largest absolute Gasteiger partial charge is 0.507 e. The summed E-state index contributed by atoms with van der Waals surface area (Å²) in [5, 5.41) is 12.1. The summed E-state index contributed by atoms with van der Waals surface area (Å²) in [6.07, 6.45) is 5.85. The number of aliphatic hydroxyl groups excluding tert-OH is 1. The Morgan fingerprint density at radius 1 is 1.06 bits per heavy atom. The molecule has 0 radical (unpaired) electrons. The lowest BCUT2D eigenvalue weighted by atomic mass is 9.95. The number of pyridine rings is 1. The Balaban J connectivity index is 0.000000967. The summed E-state index contributed by atoms with van der Waals surface area (Å²) in [4.78, 5) is 51.4. The van der Waals surface area contributed by atoms with Crippen LogP contribution in [0.1, 0.15) is 28.3 Å². The predicted molar refractivity (Wildman–Crippen MR) is 131 cm³/mol. The van der Waals surface area contributed by atoms with Crippen molar-refractivity contribution in [3.8, 4) is 0 Å². The third-order valence-electron chi connectivity index (χ3n) is 6.16. The van der Waals surface area contributed by atoms with Crippen molar-refractivity contribution in [2.45, 2.75) is 19.4 Å². The normalized spacial score (nSPS) is 16.5. The maximum Gasteiger partial charge on any atom is 0.373 e. The smallest absolute Gasteiger partial charge is 0.373 e. The Labute approximate surface area is 206 Å². The van der Waals surface area contributed by atoms with Gasteiger partial charge in [0.2, 0.25) is 0 Å². The molecule has 1 fully saturated rings. The van der Waals surface area contributed by atoms with E-state index >= 15 is 0 Å². The number of H-pyrrole nitrogens is 1. The van der Waals surface area contributed by atoms with Crippen LogP contribution in [0.2, 0.25) is 0 Å². The van der Waals surface area contributed by atoms with E-state index in [0.717, 1.165) is 27.6 Å². The Bertz CT molecular complexity index is 1470. The number of rotatable bonds is 5. The maximum atomic E-state index is 13.1. The zero-order chi connectivity index (χ0) is 25.7. The molecule has 1 aliphatic rings. The summed E-state index contributed by atoms with van der Waals surface area (Å²) < 4.78 is 0. The molecule has 2 aromatic heterocycles. The van der Waals surface area contributed by atoms with Crippen molar-refractivity contribution in [3.05, 3.63) is 107 Å². The first-order valence-corrected chi connectivity index (χ1v) is 11.3. The number of benzene rings is 2. The van der Waals surface area contributed by atoms with Gasteiger partial charge in [-0.2, -0.15) is 9.59 Å². The number of fused-ring (bicyclic) bond motifs is 1. The van der Waals surface area contributed by atoms with Gasteiger partial charge in [-0.25, -0.2) is 0 Å². The molecule has 8 nitrogen and oxygen atoms in total. The van der Waals surface area contributed by atoms with Crippen molar-refractivity contribution in [1.82, 2.24) is 14.9 Å². The highest BCUT2D eigenvalue weighted by molar-refractivity contribution is 6.46. The molecule has 4 aromatic rings. The van der Waals surface area contributed by atoms with Gasteiger partial charge in [-0.3, -0.25) is 14.6 Å².